The number of anilines is 1. The zero-order chi connectivity index (χ0) is 15.6. The van der Waals surface area contributed by atoms with E-state index in [1.54, 1.807) is 0 Å². The summed E-state index contributed by atoms with van der Waals surface area (Å²) in [6.45, 7) is 0. The van der Waals surface area contributed by atoms with Gasteiger partial charge in [0.2, 0.25) is 0 Å². The second-order valence-electron chi connectivity index (χ2n) is 3.92. The molecule has 1 aromatic carbocycles. The van der Waals surface area contributed by atoms with Crippen molar-refractivity contribution in [3.8, 4) is 0 Å². The van der Waals surface area contributed by atoms with Crippen molar-refractivity contribution >= 4 is 44.9 Å². The minimum Gasteiger partial charge on any atom is -0.478 e. The normalized spacial score (nSPS) is 11.1. The molecule has 110 valence electrons. The lowest BCUT2D eigenvalue weighted by Gasteiger charge is -2.09. The van der Waals surface area contributed by atoms with Crippen molar-refractivity contribution in [2.24, 2.45) is 0 Å². The van der Waals surface area contributed by atoms with E-state index < -0.39 is 16.0 Å². The maximum Gasteiger partial charge on any atom is 0.337 e. The van der Waals surface area contributed by atoms with Crippen LogP contribution in [0.25, 0.3) is 0 Å². The van der Waals surface area contributed by atoms with E-state index in [1.165, 1.54) is 24.3 Å². The Balaban J connectivity index is 2.35. The summed E-state index contributed by atoms with van der Waals surface area (Å²) < 4.78 is 26.5. The second-order valence-corrected chi connectivity index (χ2v) is 6.40. The number of carboxylic acid groups (broad SMARTS) is 1. The molecule has 0 aliphatic carbocycles. The van der Waals surface area contributed by atoms with Crippen LogP contribution in [0.3, 0.4) is 0 Å². The molecule has 0 amide bonds. The van der Waals surface area contributed by atoms with Gasteiger partial charge >= 0.3 is 5.97 Å². The zero-order valence-corrected chi connectivity index (χ0v) is 12.6. The van der Waals surface area contributed by atoms with Gasteiger partial charge in [0.1, 0.15) is 10.0 Å². The molecule has 21 heavy (non-hydrogen) atoms. The first-order valence-electron chi connectivity index (χ1n) is 5.47. The average Bonchev–Trinajstić information content (AvgIpc) is 2.41. The number of aromatic carboxylic acids is 1. The number of hydrogen-bond donors (Lipinski definition) is 2. The van der Waals surface area contributed by atoms with Gasteiger partial charge in [-0.2, -0.15) is 0 Å². The van der Waals surface area contributed by atoms with Gasteiger partial charge in [0.15, 0.2) is 0 Å². The highest BCUT2D eigenvalue weighted by Crippen LogP contribution is 2.23. The lowest BCUT2D eigenvalue weighted by molar-refractivity contribution is 0.0697. The van der Waals surface area contributed by atoms with E-state index in [0.29, 0.717) is 0 Å². The van der Waals surface area contributed by atoms with E-state index >= 15 is 0 Å². The maximum atomic E-state index is 12.1. The van der Waals surface area contributed by atoms with Crippen LogP contribution in [0, 0.1) is 0 Å². The fourth-order valence-corrected chi connectivity index (χ4v) is 2.79. The molecule has 0 aliphatic heterocycles. The van der Waals surface area contributed by atoms with Crippen molar-refractivity contribution in [2.75, 3.05) is 4.72 Å². The number of halogens is 2. The van der Waals surface area contributed by atoms with Gasteiger partial charge in [-0.25, -0.2) is 18.2 Å². The van der Waals surface area contributed by atoms with E-state index in [-0.39, 0.29) is 26.3 Å². The minimum absolute atomic E-state index is 0.0126. The molecule has 2 N–H and O–H groups in total. The van der Waals surface area contributed by atoms with Crippen molar-refractivity contribution in [1.29, 1.82) is 0 Å². The maximum absolute atomic E-state index is 12.1. The van der Waals surface area contributed by atoms with Crippen molar-refractivity contribution in [1.82, 2.24) is 4.98 Å². The predicted molar refractivity (Wildman–Crippen MR) is 78.5 cm³/mol. The number of nitrogens with one attached hydrogen (secondary N) is 1. The van der Waals surface area contributed by atoms with Crippen LogP contribution in [-0.2, 0) is 10.0 Å². The third kappa shape index (κ3) is 3.63. The number of nitrogens with zero attached hydrogens (tertiary/aromatic N) is 1. The number of pyridine rings is 1. The smallest absolute Gasteiger partial charge is 0.337 e. The number of sulfonamides is 1. The molecule has 0 saturated heterocycles. The number of hydrogen-bond acceptors (Lipinski definition) is 4. The third-order valence-corrected chi connectivity index (χ3v) is 4.38. The Morgan fingerprint density at radius 3 is 2.48 bits per heavy atom. The van der Waals surface area contributed by atoms with Crippen LogP contribution in [0.15, 0.2) is 41.4 Å². The lowest BCUT2D eigenvalue weighted by Crippen LogP contribution is -2.13. The SMILES string of the molecule is O=C(O)c1cc(NS(=O)(=O)c2ccc(Cl)nc2)ccc1Cl. The molecular weight excluding hydrogens is 339 g/mol. The van der Waals surface area contributed by atoms with Crippen LogP contribution in [0.4, 0.5) is 5.69 Å². The number of carboxylic acids is 1. The summed E-state index contributed by atoms with van der Waals surface area (Å²) in [4.78, 5) is 14.5. The molecule has 9 heteroatoms. The Morgan fingerprint density at radius 1 is 1.19 bits per heavy atom. The molecule has 1 aromatic heterocycles. The fourth-order valence-electron chi connectivity index (χ4n) is 1.49. The number of rotatable bonds is 4. The van der Waals surface area contributed by atoms with Gasteiger partial charge in [0.25, 0.3) is 10.0 Å². The first-order valence-corrected chi connectivity index (χ1v) is 7.71. The summed E-state index contributed by atoms with van der Waals surface area (Å²) >= 11 is 11.3. The lowest BCUT2D eigenvalue weighted by atomic mass is 10.2. The average molecular weight is 347 g/mol. The molecular formula is C12H8Cl2N2O4S. The van der Waals surface area contributed by atoms with Gasteiger partial charge in [-0.05, 0) is 30.3 Å². The Labute approximate surface area is 130 Å². The Bertz CT molecular complexity index is 791. The van der Waals surface area contributed by atoms with Crippen molar-refractivity contribution in [3.63, 3.8) is 0 Å². The van der Waals surface area contributed by atoms with E-state index in [0.717, 1.165) is 12.3 Å². The molecule has 2 aromatic rings. The Hall–Kier alpha value is -1.83. The van der Waals surface area contributed by atoms with Gasteiger partial charge in [0.05, 0.1) is 10.6 Å². The highest BCUT2D eigenvalue weighted by molar-refractivity contribution is 7.92. The first kappa shape index (κ1) is 15.6. The molecule has 1 heterocycles. The van der Waals surface area contributed by atoms with E-state index in [2.05, 4.69) is 9.71 Å². The fraction of sp³-hybridized carbons (Fsp3) is 0. The standard InChI is InChI=1S/C12H8Cl2N2O4S/c13-10-3-1-7(5-9(10)12(17)18)16-21(19,20)8-2-4-11(14)15-6-8/h1-6,16H,(H,17,18). The van der Waals surface area contributed by atoms with Crippen molar-refractivity contribution in [3.05, 3.63) is 52.3 Å². The molecule has 2 rings (SSSR count). The number of aromatic nitrogens is 1. The van der Waals surface area contributed by atoms with Crippen molar-refractivity contribution < 1.29 is 18.3 Å². The van der Waals surface area contributed by atoms with Gasteiger partial charge in [0, 0.05) is 11.9 Å². The molecule has 0 fully saturated rings. The third-order valence-electron chi connectivity index (χ3n) is 2.46. The van der Waals surface area contributed by atoms with E-state index in [9.17, 15) is 13.2 Å². The molecule has 0 radical (unpaired) electrons. The topological polar surface area (TPSA) is 96.4 Å². The summed E-state index contributed by atoms with van der Waals surface area (Å²) in [5.74, 6) is -1.26. The van der Waals surface area contributed by atoms with Crippen LogP contribution in [0.1, 0.15) is 10.4 Å². The van der Waals surface area contributed by atoms with Gasteiger partial charge in [-0.15, -0.1) is 0 Å². The van der Waals surface area contributed by atoms with Crippen LogP contribution in [0.2, 0.25) is 10.2 Å². The quantitative estimate of drug-likeness (QED) is 0.829. The van der Waals surface area contributed by atoms with Gasteiger partial charge in [-0.3, -0.25) is 4.72 Å². The molecule has 0 aliphatic rings. The largest absolute Gasteiger partial charge is 0.478 e. The molecule has 0 atom stereocenters. The highest BCUT2D eigenvalue weighted by atomic mass is 35.5. The van der Waals surface area contributed by atoms with Crippen molar-refractivity contribution in [2.45, 2.75) is 4.90 Å². The molecule has 6 nitrogen and oxygen atoms in total. The Kier molecular flexibility index (Phi) is 4.36. The molecule has 0 spiro atoms. The number of carbonyl (C=O) groups is 1. The zero-order valence-electron chi connectivity index (χ0n) is 10.2. The van der Waals surface area contributed by atoms with Gasteiger partial charge in [-0.1, -0.05) is 23.2 Å². The van der Waals surface area contributed by atoms with E-state index in [1.807, 2.05) is 0 Å². The second kappa shape index (κ2) is 5.88. The molecule has 0 bridgehead atoms. The van der Waals surface area contributed by atoms with Crippen LogP contribution >= 0.6 is 23.2 Å². The van der Waals surface area contributed by atoms with E-state index in [4.69, 9.17) is 28.3 Å². The summed E-state index contributed by atoms with van der Waals surface area (Å²) in [5, 5.41) is 9.12. The first-order chi connectivity index (χ1) is 9.79. The number of benzene rings is 1. The monoisotopic (exact) mass is 346 g/mol. The predicted octanol–water partition coefficient (Wildman–Crippen LogP) is 2.89. The van der Waals surface area contributed by atoms with Crippen LogP contribution in [-0.4, -0.2) is 24.5 Å². The van der Waals surface area contributed by atoms with Crippen LogP contribution < -0.4 is 4.72 Å². The summed E-state index contributed by atoms with van der Waals surface area (Å²) in [6.07, 6.45) is 1.10. The highest BCUT2D eigenvalue weighted by Gasteiger charge is 2.16. The van der Waals surface area contributed by atoms with Crippen LogP contribution in [0.5, 0.6) is 0 Å². The summed E-state index contributed by atoms with van der Waals surface area (Å²) in [5.41, 5.74) is -0.127. The Morgan fingerprint density at radius 2 is 1.90 bits per heavy atom. The molecule has 0 unspecified atom stereocenters. The molecule has 0 saturated carbocycles. The summed E-state index contributed by atoms with van der Waals surface area (Å²) in [7, 11) is -3.89. The minimum atomic E-state index is -3.89. The van der Waals surface area contributed by atoms with Gasteiger partial charge < -0.3 is 5.11 Å². The summed E-state index contributed by atoms with van der Waals surface area (Å²) in [6, 6.07) is 6.40.